The molecule has 1 aromatic heterocycles. The summed E-state index contributed by atoms with van der Waals surface area (Å²) < 4.78 is 0.756. The van der Waals surface area contributed by atoms with E-state index in [9.17, 15) is 4.79 Å². The monoisotopic (exact) mass is 286 g/mol. The summed E-state index contributed by atoms with van der Waals surface area (Å²) in [6.07, 6.45) is 3.12. The highest BCUT2D eigenvalue weighted by molar-refractivity contribution is 9.10. The number of rotatable bonds is 2. The molecule has 2 aromatic rings. The molecular weight excluding hydrogens is 279 g/mol. The maximum atomic E-state index is 11.9. The van der Waals surface area contributed by atoms with Crippen LogP contribution in [-0.4, -0.2) is 18.7 Å². The van der Waals surface area contributed by atoms with Crippen molar-refractivity contribution in [2.24, 2.45) is 0 Å². The number of benzene rings is 1. The van der Waals surface area contributed by atoms with Crippen LogP contribution in [0, 0.1) is 0 Å². The predicted octanol–water partition coefficient (Wildman–Crippen LogP) is 1.89. The standard InChI is InChI=1S/C12H8BBrN2O/c13-10-3-1-2-4-11(10)16-12(17)8-5-9(14)7-15-6-8/h1-7H,(H,16,17). The number of hydrogen-bond acceptors (Lipinski definition) is 2. The number of hydrogen-bond donors (Lipinski definition) is 1. The molecule has 0 atom stereocenters. The van der Waals surface area contributed by atoms with E-state index in [4.69, 9.17) is 7.85 Å². The highest BCUT2D eigenvalue weighted by atomic mass is 79.9. The summed E-state index contributed by atoms with van der Waals surface area (Å²) in [7, 11) is 5.74. The number of amides is 1. The minimum atomic E-state index is -0.239. The van der Waals surface area contributed by atoms with Crippen LogP contribution in [0.2, 0.25) is 0 Å². The van der Waals surface area contributed by atoms with E-state index in [-0.39, 0.29) is 5.91 Å². The average Bonchev–Trinajstić information content (AvgIpc) is 2.32. The fraction of sp³-hybridized carbons (Fsp3) is 0. The van der Waals surface area contributed by atoms with Crippen molar-refractivity contribution >= 4 is 40.8 Å². The predicted molar refractivity (Wildman–Crippen MR) is 71.7 cm³/mol. The normalized spacial score (nSPS) is 9.94. The maximum Gasteiger partial charge on any atom is 0.257 e. The highest BCUT2D eigenvalue weighted by Crippen LogP contribution is 2.11. The minimum absolute atomic E-state index is 0.239. The Kier molecular flexibility index (Phi) is 3.59. The SMILES string of the molecule is [B]c1ccccc1NC(=O)c1cncc(Br)c1. The first-order valence-electron chi connectivity index (χ1n) is 4.93. The van der Waals surface area contributed by atoms with Gasteiger partial charge in [0.2, 0.25) is 0 Å². The van der Waals surface area contributed by atoms with Gasteiger partial charge in [-0.2, -0.15) is 0 Å². The van der Waals surface area contributed by atoms with Gasteiger partial charge in [-0.3, -0.25) is 9.78 Å². The second-order valence-electron chi connectivity index (χ2n) is 3.43. The van der Waals surface area contributed by atoms with E-state index < -0.39 is 0 Å². The molecule has 82 valence electrons. The Balaban J connectivity index is 2.20. The molecule has 5 heteroatoms. The first kappa shape index (κ1) is 11.9. The molecule has 17 heavy (non-hydrogen) atoms. The average molecular weight is 287 g/mol. The lowest BCUT2D eigenvalue weighted by molar-refractivity contribution is 0.102. The van der Waals surface area contributed by atoms with Crippen LogP contribution in [-0.2, 0) is 0 Å². The molecule has 2 rings (SSSR count). The van der Waals surface area contributed by atoms with Gasteiger partial charge in [-0.05, 0) is 28.1 Å². The molecular formula is C12H8BBrN2O. The van der Waals surface area contributed by atoms with Gasteiger partial charge >= 0.3 is 0 Å². The zero-order valence-electron chi connectivity index (χ0n) is 8.85. The van der Waals surface area contributed by atoms with Gasteiger partial charge in [0.25, 0.3) is 5.91 Å². The van der Waals surface area contributed by atoms with Crippen LogP contribution in [0.1, 0.15) is 10.4 Å². The van der Waals surface area contributed by atoms with Gasteiger partial charge in [0.1, 0.15) is 7.85 Å². The maximum absolute atomic E-state index is 11.9. The van der Waals surface area contributed by atoms with E-state index in [1.54, 1.807) is 24.4 Å². The summed E-state index contributed by atoms with van der Waals surface area (Å²) in [4.78, 5) is 15.8. The Morgan fingerprint density at radius 1 is 1.29 bits per heavy atom. The molecule has 1 amide bonds. The van der Waals surface area contributed by atoms with Crippen LogP contribution in [0.25, 0.3) is 0 Å². The number of anilines is 1. The molecule has 0 saturated heterocycles. The van der Waals surface area contributed by atoms with Crippen LogP contribution >= 0.6 is 15.9 Å². The molecule has 0 aliphatic heterocycles. The summed E-state index contributed by atoms with van der Waals surface area (Å²) in [5.41, 5.74) is 1.60. The van der Waals surface area contributed by atoms with Crippen molar-refractivity contribution in [3.8, 4) is 0 Å². The summed E-state index contributed by atoms with van der Waals surface area (Å²) in [5.74, 6) is -0.239. The van der Waals surface area contributed by atoms with Gasteiger partial charge in [0, 0.05) is 22.6 Å². The molecule has 1 aromatic carbocycles. The zero-order chi connectivity index (χ0) is 12.3. The van der Waals surface area contributed by atoms with Gasteiger partial charge in [0.15, 0.2) is 0 Å². The quantitative estimate of drug-likeness (QED) is 0.857. The lowest BCUT2D eigenvalue weighted by atomic mass is 9.94. The number of carbonyl (C=O) groups is 1. The third-order valence-corrected chi connectivity index (χ3v) is 2.61. The first-order chi connectivity index (χ1) is 8.16. The second-order valence-corrected chi connectivity index (χ2v) is 4.35. The topological polar surface area (TPSA) is 42.0 Å². The molecule has 0 saturated carbocycles. The largest absolute Gasteiger partial charge is 0.323 e. The number of nitrogens with one attached hydrogen (secondary N) is 1. The third kappa shape index (κ3) is 2.94. The van der Waals surface area contributed by atoms with Crippen molar-refractivity contribution in [3.63, 3.8) is 0 Å². The molecule has 0 bridgehead atoms. The van der Waals surface area contributed by atoms with E-state index >= 15 is 0 Å². The van der Waals surface area contributed by atoms with Crippen LogP contribution in [0.15, 0.2) is 47.2 Å². The van der Waals surface area contributed by atoms with Crippen molar-refractivity contribution in [3.05, 3.63) is 52.8 Å². The van der Waals surface area contributed by atoms with Crippen molar-refractivity contribution in [2.45, 2.75) is 0 Å². The lowest BCUT2D eigenvalue weighted by Gasteiger charge is -2.08. The molecule has 0 aliphatic carbocycles. The van der Waals surface area contributed by atoms with Crippen LogP contribution in [0.4, 0.5) is 5.69 Å². The van der Waals surface area contributed by atoms with Crippen LogP contribution < -0.4 is 10.8 Å². The van der Waals surface area contributed by atoms with Crippen molar-refractivity contribution in [1.29, 1.82) is 0 Å². The first-order valence-corrected chi connectivity index (χ1v) is 5.72. The van der Waals surface area contributed by atoms with Gasteiger partial charge in [-0.1, -0.05) is 23.7 Å². The smallest absolute Gasteiger partial charge is 0.257 e. The molecule has 0 spiro atoms. The zero-order valence-corrected chi connectivity index (χ0v) is 10.4. The molecule has 0 unspecified atom stereocenters. The van der Waals surface area contributed by atoms with E-state index in [1.807, 2.05) is 12.1 Å². The minimum Gasteiger partial charge on any atom is -0.323 e. The summed E-state index contributed by atoms with van der Waals surface area (Å²) in [5, 5.41) is 2.73. The van der Waals surface area contributed by atoms with E-state index in [0.717, 1.165) is 4.47 Å². The highest BCUT2D eigenvalue weighted by Gasteiger charge is 2.07. The molecule has 0 aliphatic rings. The summed E-state index contributed by atoms with van der Waals surface area (Å²) in [6, 6.07) is 8.80. The second kappa shape index (κ2) is 5.14. The fourth-order valence-corrected chi connectivity index (χ4v) is 1.71. The Bertz CT molecular complexity index is 560. The van der Waals surface area contributed by atoms with Crippen molar-refractivity contribution in [2.75, 3.05) is 5.32 Å². The van der Waals surface area contributed by atoms with Gasteiger partial charge in [-0.15, -0.1) is 0 Å². The summed E-state index contributed by atoms with van der Waals surface area (Å²) in [6.45, 7) is 0. The molecule has 1 heterocycles. The Morgan fingerprint density at radius 2 is 2.06 bits per heavy atom. The molecule has 3 nitrogen and oxygen atoms in total. The number of halogens is 1. The Labute approximate surface area is 109 Å². The van der Waals surface area contributed by atoms with Crippen LogP contribution in [0.3, 0.4) is 0 Å². The lowest BCUT2D eigenvalue weighted by Crippen LogP contribution is -2.18. The molecule has 1 N–H and O–H groups in total. The van der Waals surface area contributed by atoms with Crippen molar-refractivity contribution in [1.82, 2.24) is 4.98 Å². The van der Waals surface area contributed by atoms with Gasteiger partial charge < -0.3 is 5.32 Å². The number of carbonyl (C=O) groups excluding carboxylic acids is 1. The Morgan fingerprint density at radius 3 is 2.76 bits per heavy atom. The molecule has 2 radical (unpaired) electrons. The summed E-state index contributed by atoms with van der Waals surface area (Å²) >= 11 is 3.26. The van der Waals surface area contributed by atoms with E-state index in [0.29, 0.717) is 16.7 Å². The number of para-hydroxylation sites is 1. The van der Waals surface area contributed by atoms with Crippen LogP contribution in [0.5, 0.6) is 0 Å². The Hall–Kier alpha value is -1.62. The number of aromatic nitrogens is 1. The van der Waals surface area contributed by atoms with Gasteiger partial charge in [0.05, 0.1) is 5.56 Å². The molecule has 0 fully saturated rings. The van der Waals surface area contributed by atoms with E-state index in [1.165, 1.54) is 6.20 Å². The van der Waals surface area contributed by atoms with Crippen molar-refractivity contribution < 1.29 is 4.79 Å². The van der Waals surface area contributed by atoms with Gasteiger partial charge in [-0.25, -0.2) is 0 Å². The third-order valence-electron chi connectivity index (χ3n) is 2.18. The number of pyridine rings is 1. The van der Waals surface area contributed by atoms with E-state index in [2.05, 4.69) is 26.2 Å². The fourth-order valence-electron chi connectivity index (χ4n) is 1.34. The number of nitrogens with zero attached hydrogens (tertiary/aromatic N) is 1.